The maximum Gasteiger partial charge on any atom is 0.287 e. The van der Waals surface area contributed by atoms with Crippen LogP contribution in [-0.2, 0) is 10.0 Å². The van der Waals surface area contributed by atoms with E-state index in [1.54, 1.807) is 6.92 Å². The molecule has 1 unspecified atom stereocenters. The fourth-order valence-corrected chi connectivity index (χ4v) is 4.27. The minimum Gasteiger partial charge on any atom is -0.348 e. The second-order valence-corrected chi connectivity index (χ2v) is 7.04. The smallest absolute Gasteiger partial charge is 0.287 e. The highest BCUT2D eigenvalue weighted by molar-refractivity contribution is 7.89. The zero-order valence-corrected chi connectivity index (χ0v) is 12.3. The van der Waals surface area contributed by atoms with Gasteiger partial charge in [-0.05, 0) is 12.5 Å². The zero-order valence-electron chi connectivity index (χ0n) is 11.5. The van der Waals surface area contributed by atoms with Gasteiger partial charge in [-0.1, -0.05) is 30.3 Å². The number of H-pyrrole nitrogens is 1. The van der Waals surface area contributed by atoms with E-state index in [9.17, 15) is 13.2 Å². The van der Waals surface area contributed by atoms with Gasteiger partial charge in [0.15, 0.2) is 0 Å². The number of imidazole rings is 1. The van der Waals surface area contributed by atoms with Crippen molar-refractivity contribution >= 4 is 15.9 Å². The van der Waals surface area contributed by atoms with Crippen molar-refractivity contribution in [1.29, 1.82) is 0 Å². The Morgan fingerprint density at radius 2 is 2.05 bits per heavy atom. The van der Waals surface area contributed by atoms with Crippen LogP contribution in [0.15, 0.2) is 36.7 Å². The summed E-state index contributed by atoms with van der Waals surface area (Å²) in [6, 6.07) is 9.37. The van der Waals surface area contributed by atoms with Gasteiger partial charge in [-0.3, -0.25) is 4.79 Å². The van der Waals surface area contributed by atoms with Crippen LogP contribution in [0.2, 0.25) is 0 Å². The van der Waals surface area contributed by atoms with Gasteiger partial charge in [-0.2, -0.15) is 0 Å². The number of amides is 1. The van der Waals surface area contributed by atoms with Crippen LogP contribution in [0, 0.1) is 6.92 Å². The van der Waals surface area contributed by atoms with Crippen LogP contribution in [0.3, 0.4) is 0 Å². The Morgan fingerprint density at radius 1 is 1.33 bits per heavy atom. The van der Waals surface area contributed by atoms with Gasteiger partial charge in [-0.25, -0.2) is 17.7 Å². The molecule has 1 fully saturated rings. The Hall–Kier alpha value is -2.15. The van der Waals surface area contributed by atoms with Crippen molar-refractivity contribution in [2.75, 3.05) is 12.3 Å². The van der Waals surface area contributed by atoms with Gasteiger partial charge in [0.1, 0.15) is 5.69 Å². The first-order valence-electron chi connectivity index (χ1n) is 6.58. The lowest BCUT2D eigenvalue weighted by molar-refractivity contribution is 0.0861. The number of sulfonamides is 1. The second-order valence-electron chi connectivity index (χ2n) is 5.10. The molecule has 7 heteroatoms. The molecule has 1 aromatic carbocycles. The van der Waals surface area contributed by atoms with Crippen molar-refractivity contribution < 1.29 is 13.2 Å². The number of nitrogens with zero attached hydrogens (tertiary/aromatic N) is 2. The number of aryl methyl sites for hydroxylation is 1. The molecule has 1 saturated heterocycles. The third-order valence-corrected chi connectivity index (χ3v) is 5.47. The first-order valence-corrected chi connectivity index (χ1v) is 8.19. The summed E-state index contributed by atoms with van der Waals surface area (Å²) in [7, 11) is -3.60. The average Bonchev–Trinajstić information content (AvgIpc) is 3.02. The Balaban J connectivity index is 1.90. The first kappa shape index (κ1) is 13.8. The van der Waals surface area contributed by atoms with E-state index in [2.05, 4.69) is 9.97 Å². The van der Waals surface area contributed by atoms with Crippen molar-refractivity contribution in [3.63, 3.8) is 0 Å². The number of aromatic nitrogens is 2. The Kier molecular flexibility index (Phi) is 3.29. The summed E-state index contributed by atoms with van der Waals surface area (Å²) in [5.74, 6) is -0.807. The maximum atomic E-state index is 12.4. The number of aromatic amines is 1. The van der Waals surface area contributed by atoms with Gasteiger partial charge >= 0.3 is 0 Å². The van der Waals surface area contributed by atoms with E-state index in [4.69, 9.17) is 0 Å². The molecule has 110 valence electrons. The number of benzene rings is 1. The van der Waals surface area contributed by atoms with E-state index in [1.807, 2.05) is 30.3 Å². The number of hydrogen-bond donors (Lipinski definition) is 1. The molecule has 2 heterocycles. The highest BCUT2D eigenvalue weighted by Gasteiger charge is 2.41. The molecule has 0 bridgehead atoms. The number of carbonyl (C=O) groups excluding carboxylic acids is 1. The number of carbonyl (C=O) groups is 1. The van der Waals surface area contributed by atoms with Crippen LogP contribution in [-0.4, -0.2) is 40.9 Å². The van der Waals surface area contributed by atoms with Gasteiger partial charge in [-0.15, -0.1) is 0 Å². The molecule has 1 aliphatic rings. The summed E-state index contributed by atoms with van der Waals surface area (Å²) >= 11 is 0. The summed E-state index contributed by atoms with van der Waals surface area (Å²) in [5, 5.41) is 0. The minimum absolute atomic E-state index is 0.0494. The Morgan fingerprint density at radius 3 is 2.67 bits per heavy atom. The van der Waals surface area contributed by atoms with Crippen molar-refractivity contribution in [2.45, 2.75) is 12.8 Å². The van der Waals surface area contributed by atoms with Crippen LogP contribution >= 0.6 is 0 Å². The summed E-state index contributed by atoms with van der Waals surface area (Å²) in [5.41, 5.74) is 1.65. The second kappa shape index (κ2) is 5.00. The van der Waals surface area contributed by atoms with Crippen LogP contribution in [0.4, 0.5) is 0 Å². The molecule has 1 aromatic heterocycles. The van der Waals surface area contributed by atoms with Crippen LogP contribution in [0.5, 0.6) is 0 Å². The van der Waals surface area contributed by atoms with Crippen molar-refractivity contribution in [2.24, 2.45) is 0 Å². The van der Waals surface area contributed by atoms with Crippen molar-refractivity contribution in [1.82, 2.24) is 14.3 Å². The fraction of sp³-hybridized carbons (Fsp3) is 0.286. The van der Waals surface area contributed by atoms with E-state index < -0.39 is 15.9 Å². The molecule has 0 spiro atoms. The Bertz CT molecular complexity index is 768. The third-order valence-electron chi connectivity index (χ3n) is 3.66. The molecular formula is C14H15N3O3S. The van der Waals surface area contributed by atoms with Crippen LogP contribution < -0.4 is 0 Å². The number of nitrogens with one attached hydrogen (secondary N) is 1. The first-order chi connectivity index (χ1) is 9.99. The van der Waals surface area contributed by atoms with Crippen molar-refractivity contribution in [3.05, 3.63) is 53.6 Å². The van der Waals surface area contributed by atoms with Crippen LogP contribution in [0.25, 0.3) is 0 Å². The lowest BCUT2D eigenvalue weighted by Gasteiger charge is -2.14. The number of rotatable bonds is 2. The van der Waals surface area contributed by atoms with E-state index in [0.29, 0.717) is 5.69 Å². The SMILES string of the molecule is Cc1[nH]cnc1C(=O)N1CC(c2ccccc2)CS1(=O)=O. The third kappa shape index (κ3) is 2.44. The van der Waals surface area contributed by atoms with E-state index in [-0.39, 0.29) is 23.9 Å². The molecule has 0 saturated carbocycles. The molecule has 0 aliphatic carbocycles. The standard InChI is InChI=1S/C14H15N3O3S/c1-10-13(16-9-15-10)14(18)17-7-12(8-21(17,19)20)11-5-3-2-4-6-11/h2-6,9,12H,7-8H2,1H3,(H,15,16). The molecule has 6 nitrogen and oxygen atoms in total. The zero-order chi connectivity index (χ0) is 15.0. The highest BCUT2D eigenvalue weighted by atomic mass is 32.2. The monoisotopic (exact) mass is 305 g/mol. The molecule has 1 atom stereocenters. The largest absolute Gasteiger partial charge is 0.348 e. The molecule has 0 radical (unpaired) electrons. The molecule has 21 heavy (non-hydrogen) atoms. The summed E-state index contributed by atoms with van der Waals surface area (Å²) < 4.78 is 25.5. The van der Waals surface area contributed by atoms with Gasteiger partial charge < -0.3 is 4.98 Å². The van der Waals surface area contributed by atoms with Crippen LogP contribution in [0.1, 0.15) is 27.7 Å². The van der Waals surface area contributed by atoms with E-state index in [1.165, 1.54) is 6.33 Å². The fourth-order valence-electron chi connectivity index (χ4n) is 2.54. The van der Waals surface area contributed by atoms with Gasteiger partial charge in [0.05, 0.1) is 12.1 Å². The minimum atomic E-state index is -3.60. The quantitative estimate of drug-likeness (QED) is 0.906. The summed E-state index contributed by atoms with van der Waals surface area (Å²) in [6.07, 6.45) is 1.39. The highest BCUT2D eigenvalue weighted by Crippen LogP contribution is 2.29. The molecule has 3 rings (SSSR count). The molecular weight excluding hydrogens is 290 g/mol. The summed E-state index contributed by atoms with van der Waals surface area (Å²) in [6.45, 7) is 1.86. The molecule has 1 N–H and O–H groups in total. The lowest BCUT2D eigenvalue weighted by atomic mass is 10.0. The van der Waals surface area contributed by atoms with E-state index >= 15 is 0 Å². The number of hydrogen-bond acceptors (Lipinski definition) is 4. The average molecular weight is 305 g/mol. The maximum absolute atomic E-state index is 12.4. The van der Waals surface area contributed by atoms with Gasteiger partial charge in [0.25, 0.3) is 5.91 Å². The molecule has 1 aliphatic heterocycles. The molecule has 1 amide bonds. The summed E-state index contributed by atoms with van der Waals surface area (Å²) in [4.78, 5) is 19.1. The lowest BCUT2D eigenvalue weighted by Crippen LogP contribution is -2.33. The predicted octanol–water partition coefficient (Wildman–Crippen LogP) is 1.29. The van der Waals surface area contributed by atoms with Gasteiger partial charge in [0.2, 0.25) is 10.0 Å². The van der Waals surface area contributed by atoms with E-state index in [0.717, 1.165) is 9.87 Å². The molecule has 2 aromatic rings. The normalized spacial score (nSPS) is 20.6. The predicted molar refractivity (Wildman–Crippen MR) is 77.3 cm³/mol. The topological polar surface area (TPSA) is 83.1 Å². The van der Waals surface area contributed by atoms with Gasteiger partial charge in [0, 0.05) is 18.2 Å². The van der Waals surface area contributed by atoms with Crippen molar-refractivity contribution in [3.8, 4) is 0 Å². The Labute approximate surface area is 122 Å².